The SMILES string of the molecule is Cn1c(=O)n(CCCN)c(=O)c2cc(Br)ccc21. The second-order valence-corrected chi connectivity index (χ2v) is 5.02. The minimum absolute atomic E-state index is 0.261. The molecule has 0 radical (unpaired) electrons. The highest BCUT2D eigenvalue weighted by molar-refractivity contribution is 9.10. The Morgan fingerprint density at radius 1 is 1.33 bits per heavy atom. The summed E-state index contributed by atoms with van der Waals surface area (Å²) in [6, 6.07) is 5.30. The summed E-state index contributed by atoms with van der Waals surface area (Å²) < 4.78 is 3.54. The van der Waals surface area contributed by atoms with E-state index in [1.54, 1.807) is 19.2 Å². The van der Waals surface area contributed by atoms with Crippen molar-refractivity contribution in [2.45, 2.75) is 13.0 Å². The third-order valence-electron chi connectivity index (χ3n) is 2.90. The van der Waals surface area contributed by atoms with E-state index >= 15 is 0 Å². The van der Waals surface area contributed by atoms with E-state index in [1.165, 1.54) is 9.13 Å². The second kappa shape index (κ2) is 5.07. The van der Waals surface area contributed by atoms with Crippen molar-refractivity contribution in [3.8, 4) is 0 Å². The molecular weight excluding hydrogens is 298 g/mol. The first-order valence-electron chi connectivity index (χ1n) is 5.65. The van der Waals surface area contributed by atoms with Gasteiger partial charge in [-0.3, -0.25) is 13.9 Å². The first kappa shape index (κ1) is 13.0. The molecule has 6 heteroatoms. The van der Waals surface area contributed by atoms with Crippen molar-refractivity contribution >= 4 is 26.8 Å². The molecule has 2 rings (SSSR count). The normalized spacial score (nSPS) is 11.1. The zero-order chi connectivity index (χ0) is 13.3. The van der Waals surface area contributed by atoms with Crippen LogP contribution >= 0.6 is 15.9 Å². The lowest BCUT2D eigenvalue weighted by atomic mass is 10.2. The largest absolute Gasteiger partial charge is 0.331 e. The summed E-state index contributed by atoms with van der Waals surface area (Å²) in [6.45, 7) is 0.802. The molecule has 0 unspecified atom stereocenters. The van der Waals surface area contributed by atoms with Gasteiger partial charge in [-0.1, -0.05) is 15.9 Å². The zero-order valence-corrected chi connectivity index (χ0v) is 11.6. The summed E-state index contributed by atoms with van der Waals surface area (Å²) in [4.78, 5) is 24.3. The molecule has 1 aromatic carbocycles. The first-order chi connectivity index (χ1) is 8.56. The maximum absolute atomic E-state index is 12.2. The Morgan fingerprint density at radius 2 is 2.06 bits per heavy atom. The number of aryl methyl sites for hydroxylation is 1. The van der Waals surface area contributed by atoms with E-state index in [-0.39, 0.29) is 11.2 Å². The van der Waals surface area contributed by atoms with Crippen molar-refractivity contribution in [3.05, 3.63) is 43.5 Å². The van der Waals surface area contributed by atoms with Crippen LogP contribution in [0.4, 0.5) is 0 Å². The van der Waals surface area contributed by atoms with E-state index in [1.807, 2.05) is 6.07 Å². The van der Waals surface area contributed by atoms with Crippen LogP contribution < -0.4 is 17.0 Å². The quantitative estimate of drug-likeness (QED) is 0.912. The molecule has 0 fully saturated rings. The third kappa shape index (κ3) is 2.13. The van der Waals surface area contributed by atoms with Crippen molar-refractivity contribution < 1.29 is 0 Å². The van der Waals surface area contributed by atoms with E-state index in [4.69, 9.17) is 5.73 Å². The summed E-state index contributed by atoms with van der Waals surface area (Å²) >= 11 is 3.33. The van der Waals surface area contributed by atoms with Crippen LogP contribution in [0.3, 0.4) is 0 Å². The number of hydrogen-bond donors (Lipinski definition) is 1. The molecule has 0 bridgehead atoms. The van der Waals surface area contributed by atoms with Crippen LogP contribution in [0.15, 0.2) is 32.3 Å². The number of hydrogen-bond acceptors (Lipinski definition) is 3. The number of halogens is 1. The van der Waals surface area contributed by atoms with Crippen molar-refractivity contribution in [1.82, 2.24) is 9.13 Å². The zero-order valence-electron chi connectivity index (χ0n) is 10.0. The van der Waals surface area contributed by atoms with Crippen LogP contribution in [0.25, 0.3) is 10.9 Å². The standard InChI is InChI=1S/C12H14BrN3O2/c1-15-10-4-3-8(13)7-9(10)11(17)16(12(15)18)6-2-5-14/h3-4,7H,2,5-6,14H2,1H3. The highest BCUT2D eigenvalue weighted by Gasteiger charge is 2.10. The average molecular weight is 312 g/mol. The minimum Gasteiger partial charge on any atom is -0.330 e. The van der Waals surface area contributed by atoms with Gasteiger partial charge in [0.05, 0.1) is 10.9 Å². The Hall–Kier alpha value is -1.40. The van der Waals surface area contributed by atoms with Gasteiger partial charge in [-0.2, -0.15) is 0 Å². The maximum atomic E-state index is 12.2. The lowest BCUT2D eigenvalue weighted by Gasteiger charge is -2.10. The molecule has 0 aliphatic heterocycles. The summed E-state index contributed by atoms with van der Waals surface area (Å²) in [5.74, 6) is 0. The molecule has 2 N–H and O–H groups in total. The van der Waals surface area contributed by atoms with E-state index in [0.717, 1.165) is 4.47 Å². The molecule has 0 amide bonds. The van der Waals surface area contributed by atoms with Gasteiger partial charge >= 0.3 is 5.69 Å². The topological polar surface area (TPSA) is 70.0 Å². The van der Waals surface area contributed by atoms with Crippen molar-refractivity contribution in [1.29, 1.82) is 0 Å². The fourth-order valence-corrected chi connectivity index (χ4v) is 2.30. The highest BCUT2D eigenvalue weighted by atomic mass is 79.9. The molecule has 0 spiro atoms. The lowest BCUT2D eigenvalue weighted by molar-refractivity contribution is 0.579. The molecule has 0 aliphatic carbocycles. The smallest absolute Gasteiger partial charge is 0.330 e. The molecule has 2 aromatic rings. The molecule has 1 aromatic heterocycles. The third-order valence-corrected chi connectivity index (χ3v) is 3.39. The van der Waals surface area contributed by atoms with Gasteiger partial charge in [-0.05, 0) is 31.2 Å². The van der Waals surface area contributed by atoms with Gasteiger partial charge in [0.15, 0.2) is 0 Å². The highest BCUT2D eigenvalue weighted by Crippen LogP contribution is 2.15. The van der Waals surface area contributed by atoms with Crippen LogP contribution in [0.1, 0.15) is 6.42 Å². The van der Waals surface area contributed by atoms with Gasteiger partial charge in [0, 0.05) is 18.1 Å². The van der Waals surface area contributed by atoms with Crippen molar-refractivity contribution in [3.63, 3.8) is 0 Å². The first-order valence-corrected chi connectivity index (χ1v) is 6.44. The summed E-state index contributed by atoms with van der Waals surface area (Å²) in [5.41, 5.74) is 5.49. The monoisotopic (exact) mass is 311 g/mol. The average Bonchev–Trinajstić information content (AvgIpc) is 2.36. The summed E-state index contributed by atoms with van der Waals surface area (Å²) in [6.07, 6.45) is 0.606. The molecule has 0 saturated carbocycles. The van der Waals surface area contributed by atoms with E-state index in [2.05, 4.69) is 15.9 Å². The van der Waals surface area contributed by atoms with E-state index < -0.39 is 0 Å². The number of nitrogens with zero attached hydrogens (tertiary/aromatic N) is 2. The molecule has 96 valence electrons. The number of benzene rings is 1. The van der Waals surface area contributed by atoms with Crippen LogP contribution in [-0.4, -0.2) is 15.7 Å². The summed E-state index contributed by atoms with van der Waals surface area (Å²) in [7, 11) is 1.66. The molecule has 0 saturated heterocycles. The number of fused-ring (bicyclic) bond motifs is 1. The maximum Gasteiger partial charge on any atom is 0.331 e. The predicted octanol–water partition coefficient (Wildman–Crippen LogP) is 0.811. The summed E-state index contributed by atoms with van der Waals surface area (Å²) in [5, 5.41) is 0.531. The van der Waals surface area contributed by atoms with Crippen LogP contribution in [0.5, 0.6) is 0 Å². The Bertz CT molecular complexity index is 703. The fraction of sp³-hybridized carbons (Fsp3) is 0.333. The van der Waals surface area contributed by atoms with E-state index in [9.17, 15) is 9.59 Å². The number of nitrogens with two attached hydrogens (primary N) is 1. The molecule has 5 nitrogen and oxygen atoms in total. The number of aromatic nitrogens is 2. The molecule has 0 atom stereocenters. The van der Waals surface area contributed by atoms with Gasteiger partial charge < -0.3 is 5.73 Å². The van der Waals surface area contributed by atoms with Gasteiger partial charge in [0.2, 0.25) is 0 Å². The Morgan fingerprint density at radius 3 is 2.72 bits per heavy atom. The Kier molecular flexibility index (Phi) is 3.68. The minimum atomic E-state index is -0.303. The van der Waals surface area contributed by atoms with Gasteiger partial charge in [-0.15, -0.1) is 0 Å². The second-order valence-electron chi connectivity index (χ2n) is 4.10. The van der Waals surface area contributed by atoms with Crippen molar-refractivity contribution in [2.24, 2.45) is 12.8 Å². The van der Waals surface area contributed by atoms with Gasteiger partial charge in [0.1, 0.15) is 0 Å². The van der Waals surface area contributed by atoms with Gasteiger partial charge in [0.25, 0.3) is 5.56 Å². The fourth-order valence-electron chi connectivity index (χ4n) is 1.94. The lowest BCUT2D eigenvalue weighted by Crippen LogP contribution is -2.39. The molecule has 0 aliphatic rings. The Labute approximate surface area is 112 Å². The molecule has 1 heterocycles. The molecular formula is C12H14BrN3O2. The van der Waals surface area contributed by atoms with Crippen LogP contribution in [0, 0.1) is 0 Å². The van der Waals surface area contributed by atoms with Crippen LogP contribution in [-0.2, 0) is 13.6 Å². The van der Waals surface area contributed by atoms with Gasteiger partial charge in [-0.25, -0.2) is 4.79 Å². The van der Waals surface area contributed by atoms with Crippen LogP contribution in [0.2, 0.25) is 0 Å². The molecule has 18 heavy (non-hydrogen) atoms. The van der Waals surface area contributed by atoms with Crippen molar-refractivity contribution in [2.75, 3.05) is 6.54 Å². The number of rotatable bonds is 3. The van der Waals surface area contributed by atoms with E-state index in [0.29, 0.717) is 30.4 Å². The predicted molar refractivity (Wildman–Crippen MR) is 74.8 cm³/mol. The Balaban J connectivity index is 2.80.